The smallest absolute Gasteiger partial charge is 0.320 e. The zero-order valence-corrected chi connectivity index (χ0v) is 21.1. The van der Waals surface area contributed by atoms with Crippen LogP contribution in [0.4, 0.5) is 5.82 Å². The van der Waals surface area contributed by atoms with Crippen molar-refractivity contribution in [3.8, 4) is 23.1 Å². The second kappa shape index (κ2) is 11.0. The van der Waals surface area contributed by atoms with Crippen LogP contribution in [0.3, 0.4) is 0 Å². The summed E-state index contributed by atoms with van der Waals surface area (Å²) < 4.78 is 13.1. The third kappa shape index (κ3) is 5.28. The van der Waals surface area contributed by atoms with E-state index in [1.807, 2.05) is 4.57 Å². The van der Waals surface area contributed by atoms with Crippen molar-refractivity contribution < 1.29 is 9.47 Å². The highest BCUT2D eigenvalue weighted by atomic mass is 16.5. The van der Waals surface area contributed by atoms with Crippen molar-refractivity contribution in [1.82, 2.24) is 24.4 Å². The molecule has 2 aromatic heterocycles. The standard InChI is InChI=1S/C28H34N6O2/c1-3-4-17-36-27-31-25(29)24-26(32-27)34(28(30-24)35-2)19-21-9-13-23(14-10-21)22-11-7-20(8-12-22)18-33-15-5-6-16-33/h7-14H,3-6,15-19H2,1-2H3,(H2,29,31,32). The van der Waals surface area contributed by atoms with E-state index >= 15 is 0 Å². The van der Waals surface area contributed by atoms with Crippen LogP contribution in [-0.4, -0.2) is 51.2 Å². The van der Waals surface area contributed by atoms with Crippen molar-refractivity contribution >= 4 is 17.0 Å². The van der Waals surface area contributed by atoms with Gasteiger partial charge in [-0.3, -0.25) is 9.47 Å². The largest absolute Gasteiger partial charge is 0.468 e. The molecule has 0 bridgehead atoms. The number of benzene rings is 2. The molecule has 5 rings (SSSR count). The molecule has 0 aliphatic carbocycles. The third-order valence-corrected chi connectivity index (χ3v) is 6.66. The van der Waals surface area contributed by atoms with E-state index in [4.69, 9.17) is 15.2 Å². The van der Waals surface area contributed by atoms with Gasteiger partial charge in [-0.1, -0.05) is 61.9 Å². The van der Waals surface area contributed by atoms with Crippen LogP contribution in [0, 0.1) is 0 Å². The summed E-state index contributed by atoms with van der Waals surface area (Å²) >= 11 is 0. The number of nitrogens with two attached hydrogens (primary N) is 1. The second-order valence-electron chi connectivity index (χ2n) is 9.33. The van der Waals surface area contributed by atoms with E-state index in [1.54, 1.807) is 7.11 Å². The van der Waals surface area contributed by atoms with Crippen LogP contribution in [-0.2, 0) is 13.1 Å². The number of ether oxygens (including phenoxy) is 2. The van der Waals surface area contributed by atoms with E-state index in [-0.39, 0.29) is 11.8 Å². The number of nitrogen functional groups attached to an aromatic ring is 1. The maximum absolute atomic E-state index is 6.17. The Hall–Kier alpha value is -3.65. The van der Waals surface area contributed by atoms with E-state index in [2.05, 4.69) is 75.3 Å². The lowest BCUT2D eigenvalue weighted by atomic mass is 10.0. The summed E-state index contributed by atoms with van der Waals surface area (Å²) in [6, 6.07) is 18.2. The van der Waals surface area contributed by atoms with Crippen LogP contribution >= 0.6 is 0 Å². The first kappa shape index (κ1) is 24.1. The molecule has 2 aromatic carbocycles. The number of likely N-dealkylation sites (tertiary alicyclic amines) is 1. The fraction of sp³-hybridized carbons (Fsp3) is 0.393. The van der Waals surface area contributed by atoms with Gasteiger partial charge in [-0.05, 0) is 54.6 Å². The molecule has 8 nitrogen and oxygen atoms in total. The molecule has 0 radical (unpaired) electrons. The number of rotatable bonds is 10. The summed E-state index contributed by atoms with van der Waals surface area (Å²) in [4.78, 5) is 15.9. The van der Waals surface area contributed by atoms with Crippen LogP contribution in [0.5, 0.6) is 12.0 Å². The van der Waals surface area contributed by atoms with Crippen molar-refractivity contribution in [3.05, 3.63) is 59.7 Å². The van der Waals surface area contributed by atoms with Crippen LogP contribution in [0.2, 0.25) is 0 Å². The zero-order chi connectivity index (χ0) is 24.9. The number of hydrogen-bond acceptors (Lipinski definition) is 7. The molecule has 0 unspecified atom stereocenters. The van der Waals surface area contributed by atoms with Crippen molar-refractivity contribution in [2.45, 2.75) is 45.7 Å². The van der Waals surface area contributed by atoms with E-state index in [0.717, 1.165) is 24.9 Å². The van der Waals surface area contributed by atoms with Crippen LogP contribution in [0.25, 0.3) is 22.3 Å². The van der Waals surface area contributed by atoms with Gasteiger partial charge in [0, 0.05) is 6.54 Å². The fourth-order valence-electron chi connectivity index (χ4n) is 4.64. The van der Waals surface area contributed by atoms with E-state index in [9.17, 15) is 0 Å². The van der Waals surface area contributed by atoms with Gasteiger partial charge in [0.25, 0.3) is 6.01 Å². The van der Waals surface area contributed by atoms with Gasteiger partial charge in [-0.15, -0.1) is 0 Å². The maximum atomic E-state index is 6.17. The molecule has 0 atom stereocenters. The number of imidazole rings is 1. The van der Waals surface area contributed by atoms with Gasteiger partial charge < -0.3 is 15.2 Å². The highest BCUT2D eigenvalue weighted by Crippen LogP contribution is 2.27. The lowest BCUT2D eigenvalue weighted by Gasteiger charge is -2.14. The fourth-order valence-corrected chi connectivity index (χ4v) is 4.64. The molecule has 0 spiro atoms. The predicted octanol–water partition coefficient (Wildman–Crippen LogP) is 4.91. The van der Waals surface area contributed by atoms with Crippen molar-refractivity contribution in [2.75, 3.05) is 32.5 Å². The number of methoxy groups -OCH3 is 1. The minimum Gasteiger partial charge on any atom is -0.468 e. The molecule has 4 aromatic rings. The highest BCUT2D eigenvalue weighted by molar-refractivity contribution is 5.83. The molecule has 0 amide bonds. The Balaban J connectivity index is 1.34. The summed E-state index contributed by atoms with van der Waals surface area (Å²) in [6.45, 7) is 6.67. The molecule has 1 fully saturated rings. The molecule has 1 aliphatic heterocycles. The Morgan fingerprint density at radius 2 is 1.50 bits per heavy atom. The van der Waals surface area contributed by atoms with Crippen molar-refractivity contribution in [1.29, 1.82) is 0 Å². The first-order chi connectivity index (χ1) is 17.6. The molecule has 8 heteroatoms. The van der Waals surface area contributed by atoms with Gasteiger partial charge in [-0.25, -0.2) is 0 Å². The van der Waals surface area contributed by atoms with Gasteiger partial charge in [0.15, 0.2) is 17.0 Å². The van der Waals surface area contributed by atoms with Gasteiger partial charge in [0.2, 0.25) is 0 Å². The molecule has 1 saturated heterocycles. The normalized spacial score (nSPS) is 13.9. The van der Waals surface area contributed by atoms with Gasteiger partial charge in [-0.2, -0.15) is 15.0 Å². The zero-order valence-electron chi connectivity index (χ0n) is 21.1. The maximum Gasteiger partial charge on any atom is 0.320 e. The summed E-state index contributed by atoms with van der Waals surface area (Å²) in [5, 5.41) is 0. The molecule has 2 N–H and O–H groups in total. The second-order valence-corrected chi connectivity index (χ2v) is 9.33. The number of unbranched alkanes of at least 4 members (excludes halogenated alkanes) is 1. The summed E-state index contributed by atoms with van der Waals surface area (Å²) in [5.74, 6) is 0.284. The summed E-state index contributed by atoms with van der Waals surface area (Å²) in [7, 11) is 1.59. The molecule has 3 heterocycles. The van der Waals surface area contributed by atoms with Gasteiger partial charge >= 0.3 is 6.01 Å². The molecule has 0 saturated carbocycles. The Bertz CT molecular complexity index is 1290. The van der Waals surface area contributed by atoms with Gasteiger partial charge in [0.1, 0.15) is 0 Å². The van der Waals surface area contributed by atoms with Crippen LogP contribution < -0.4 is 15.2 Å². The van der Waals surface area contributed by atoms with E-state index < -0.39 is 0 Å². The number of aromatic nitrogens is 4. The van der Waals surface area contributed by atoms with Crippen molar-refractivity contribution in [3.63, 3.8) is 0 Å². The molecular formula is C28H34N6O2. The third-order valence-electron chi connectivity index (χ3n) is 6.66. The average molecular weight is 487 g/mol. The van der Waals surface area contributed by atoms with Crippen LogP contribution in [0.1, 0.15) is 43.7 Å². The number of fused-ring (bicyclic) bond motifs is 1. The monoisotopic (exact) mass is 486 g/mol. The van der Waals surface area contributed by atoms with Crippen molar-refractivity contribution in [2.24, 2.45) is 0 Å². The first-order valence-corrected chi connectivity index (χ1v) is 12.8. The Morgan fingerprint density at radius 3 is 2.11 bits per heavy atom. The summed E-state index contributed by atoms with van der Waals surface area (Å²) in [5.41, 5.74) is 12.2. The quantitative estimate of drug-likeness (QED) is 0.319. The Morgan fingerprint density at radius 1 is 0.861 bits per heavy atom. The number of nitrogens with zero attached hydrogens (tertiary/aromatic N) is 5. The molecular weight excluding hydrogens is 452 g/mol. The number of hydrogen-bond donors (Lipinski definition) is 1. The summed E-state index contributed by atoms with van der Waals surface area (Å²) in [6.07, 6.45) is 4.60. The minimum atomic E-state index is 0.265. The molecule has 1 aliphatic rings. The predicted molar refractivity (Wildman–Crippen MR) is 142 cm³/mol. The SMILES string of the molecule is CCCCOc1nc(N)c2nc(OC)n(Cc3ccc(-c4ccc(CN5CCCC5)cc4)cc3)c2n1. The Kier molecular flexibility index (Phi) is 7.32. The lowest BCUT2D eigenvalue weighted by molar-refractivity contribution is 0.286. The molecule has 188 valence electrons. The molecule has 36 heavy (non-hydrogen) atoms. The van der Waals surface area contributed by atoms with E-state index in [0.29, 0.717) is 30.3 Å². The highest BCUT2D eigenvalue weighted by Gasteiger charge is 2.18. The average Bonchev–Trinajstić information content (AvgIpc) is 3.53. The topological polar surface area (TPSA) is 91.3 Å². The lowest BCUT2D eigenvalue weighted by Crippen LogP contribution is -2.18. The number of anilines is 1. The van der Waals surface area contributed by atoms with Gasteiger partial charge in [0.05, 0.1) is 20.3 Å². The van der Waals surface area contributed by atoms with Crippen LogP contribution in [0.15, 0.2) is 48.5 Å². The first-order valence-electron chi connectivity index (χ1n) is 12.8. The minimum absolute atomic E-state index is 0.265. The Labute approximate surface area is 212 Å². The van der Waals surface area contributed by atoms with E-state index in [1.165, 1.54) is 42.6 Å².